The molecule has 0 aliphatic carbocycles. The topological polar surface area (TPSA) is 56.5 Å². The van der Waals surface area contributed by atoms with Crippen LogP contribution in [0.15, 0.2) is 4.99 Å². The second-order valence-electron chi connectivity index (χ2n) is 3.66. The van der Waals surface area contributed by atoms with Crippen molar-refractivity contribution in [2.45, 2.75) is 31.8 Å². The molecule has 0 aromatic carbocycles. The van der Waals surface area contributed by atoms with Crippen molar-refractivity contribution in [1.29, 1.82) is 5.26 Å². The van der Waals surface area contributed by atoms with Crippen LogP contribution in [-0.4, -0.2) is 35.7 Å². The van der Waals surface area contributed by atoms with Crippen LogP contribution in [-0.2, 0) is 4.79 Å². The normalized spacial score (nSPS) is 28.5. The number of rotatable bonds is 2. The van der Waals surface area contributed by atoms with Crippen LogP contribution in [0.1, 0.15) is 20.3 Å². The zero-order valence-corrected chi connectivity index (χ0v) is 7.95. The van der Waals surface area contributed by atoms with Gasteiger partial charge >= 0.3 is 0 Å². The van der Waals surface area contributed by atoms with Crippen LogP contribution in [0.3, 0.4) is 0 Å². The van der Waals surface area contributed by atoms with Crippen LogP contribution in [0.25, 0.3) is 0 Å². The van der Waals surface area contributed by atoms with Crippen LogP contribution in [0, 0.1) is 11.3 Å². The molecule has 1 aliphatic heterocycles. The molecule has 4 nitrogen and oxygen atoms in total. The molecule has 13 heavy (non-hydrogen) atoms. The molecule has 1 atom stereocenters. The fourth-order valence-corrected chi connectivity index (χ4v) is 1.56. The molecule has 0 bridgehead atoms. The summed E-state index contributed by atoms with van der Waals surface area (Å²) < 4.78 is 0. The minimum Gasteiger partial charge on any atom is -0.297 e. The van der Waals surface area contributed by atoms with Gasteiger partial charge in [0, 0.05) is 25.6 Å². The Morgan fingerprint density at radius 3 is 2.69 bits per heavy atom. The molecule has 0 amide bonds. The molecule has 1 unspecified atom stereocenters. The maximum atomic E-state index is 10.1. The molecule has 1 heterocycles. The van der Waals surface area contributed by atoms with Crippen LogP contribution >= 0.6 is 0 Å². The van der Waals surface area contributed by atoms with Crippen LogP contribution in [0.4, 0.5) is 0 Å². The number of hydrogen-bond donors (Lipinski definition) is 0. The van der Waals surface area contributed by atoms with E-state index in [4.69, 9.17) is 5.26 Å². The third kappa shape index (κ3) is 1.95. The minimum absolute atomic E-state index is 0.400. The highest BCUT2D eigenvalue weighted by Gasteiger charge is 2.39. The highest BCUT2D eigenvalue weighted by Crippen LogP contribution is 2.25. The number of nitrogens with zero attached hydrogens (tertiary/aromatic N) is 3. The largest absolute Gasteiger partial charge is 0.297 e. The number of nitriles is 1. The van der Waals surface area contributed by atoms with E-state index < -0.39 is 5.54 Å². The minimum atomic E-state index is -0.827. The number of carbonyl (C=O) groups excluding carboxylic acids is 1. The lowest BCUT2D eigenvalue weighted by atomic mass is 10.0. The van der Waals surface area contributed by atoms with Gasteiger partial charge in [0.05, 0.1) is 6.07 Å². The average Bonchev–Trinajstić information content (AvgIpc) is 2.51. The summed E-state index contributed by atoms with van der Waals surface area (Å²) in [5, 5.41) is 8.90. The van der Waals surface area contributed by atoms with Crippen molar-refractivity contribution in [3.63, 3.8) is 0 Å². The second-order valence-corrected chi connectivity index (χ2v) is 3.66. The summed E-state index contributed by atoms with van der Waals surface area (Å²) in [6.45, 7) is 5.52. The van der Waals surface area contributed by atoms with E-state index in [0.717, 1.165) is 6.54 Å². The summed E-state index contributed by atoms with van der Waals surface area (Å²) in [4.78, 5) is 15.9. The summed E-state index contributed by atoms with van der Waals surface area (Å²) in [6, 6.07) is 2.49. The summed E-state index contributed by atoms with van der Waals surface area (Å²) in [5.74, 6) is 0. The maximum absolute atomic E-state index is 10.1. The Balaban J connectivity index is 2.75. The molecule has 1 rings (SSSR count). The zero-order valence-electron chi connectivity index (χ0n) is 7.95. The molecule has 1 fully saturated rings. The first-order valence-electron chi connectivity index (χ1n) is 4.38. The number of hydrogen-bond acceptors (Lipinski definition) is 4. The molecule has 0 spiro atoms. The predicted octanol–water partition coefficient (Wildman–Crippen LogP) is 0.699. The van der Waals surface area contributed by atoms with Gasteiger partial charge in [0.1, 0.15) is 0 Å². The van der Waals surface area contributed by atoms with E-state index in [0.29, 0.717) is 19.0 Å². The third-order valence-electron chi connectivity index (χ3n) is 2.48. The first-order valence-corrected chi connectivity index (χ1v) is 4.38. The fraction of sp³-hybridized carbons (Fsp3) is 0.778. The van der Waals surface area contributed by atoms with Gasteiger partial charge in [-0.05, 0) is 13.8 Å². The van der Waals surface area contributed by atoms with Gasteiger partial charge in [0.2, 0.25) is 6.08 Å². The van der Waals surface area contributed by atoms with Crippen molar-refractivity contribution in [2.75, 3.05) is 13.1 Å². The molecule has 0 aromatic heterocycles. The van der Waals surface area contributed by atoms with Gasteiger partial charge in [-0.2, -0.15) is 10.3 Å². The van der Waals surface area contributed by atoms with Crippen LogP contribution < -0.4 is 0 Å². The van der Waals surface area contributed by atoms with E-state index in [1.165, 1.54) is 6.08 Å². The van der Waals surface area contributed by atoms with Crippen molar-refractivity contribution in [3.8, 4) is 6.07 Å². The van der Waals surface area contributed by atoms with Crippen molar-refractivity contribution in [1.82, 2.24) is 4.90 Å². The molecule has 1 saturated heterocycles. The molecule has 70 valence electrons. The van der Waals surface area contributed by atoms with E-state index in [-0.39, 0.29) is 0 Å². The highest BCUT2D eigenvalue weighted by molar-refractivity contribution is 5.37. The quantitative estimate of drug-likeness (QED) is 0.463. The van der Waals surface area contributed by atoms with E-state index in [1.54, 1.807) is 0 Å². The van der Waals surface area contributed by atoms with Gasteiger partial charge in [0.25, 0.3) is 0 Å². The van der Waals surface area contributed by atoms with Gasteiger partial charge < -0.3 is 0 Å². The Morgan fingerprint density at radius 2 is 2.31 bits per heavy atom. The molecule has 0 N–H and O–H groups in total. The Bertz CT molecular complexity index is 275. The summed E-state index contributed by atoms with van der Waals surface area (Å²) >= 11 is 0. The molecule has 4 heteroatoms. The van der Waals surface area contributed by atoms with Crippen LogP contribution in [0.5, 0.6) is 0 Å². The van der Waals surface area contributed by atoms with Crippen molar-refractivity contribution < 1.29 is 4.79 Å². The Kier molecular flexibility index (Phi) is 2.82. The summed E-state index contributed by atoms with van der Waals surface area (Å²) in [7, 11) is 0. The van der Waals surface area contributed by atoms with E-state index >= 15 is 0 Å². The van der Waals surface area contributed by atoms with Gasteiger partial charge in [-0.1, -0.05) is 0 Å². The Labute approximate surface area is 77.9 Å². The van der Waals surface area contributed by atoms with Gasteiger partial charge in [-0.25, -0.2) is 4.79 Å². The fourth-order valence-electron chi connectivity index (χ4n) is 1.56. The van der Waals surface area contributed by atoms with Crippen LogP contribution in [0.2, 0.25) is 0 Å². The lowest BCUT2D eigenvalue weighted by Crippen LogP contribution is -2.33. The first-order chi connectivity index (χ1) is 6.13. The van der Waals surface area contributed by atoms with Gasteiger partial charge in [-0.15, -0.1) is 0 Å². The smallest absolute Gasteiger partial charge is 0.236 e. The Hall–Kier alpha value is -1.17. The predicted molar refractivity (Wildman–Crippen MR) is 47.8 cm³/mol. The van der Waals surface area contributed by atoms with Crippen molar-refractivity contribution in [2.24, 2.45) is 4.99 Å². The number of isocyanates is 1. The SMILES string of the molecule is CC(C)N1CCC(C#N)(N=C=O)C1. The number of aliphatic imine (C=N–C) groups is 1. The van der Waals surface area contributed by atoms with E-state index in [1.807, 2.05) is 0 Å². The molecule has 0 radical (unpaired) electrons. The average molecular weight is 179 g/mol. The van der Waals surface area contributed by atoms with Gasteiger partial charge in [-0.3, -0.25) is 4.90 Å². The molecule has 0 saturated carbocycles. The lowest BCUT2D eigenvalue weighted by molar-refractivity contribution is 0.266. The van der Waals surface area contributed by atoms with Crippen molar-refractivity contribution >= 4 is 6.08 Å². The second kappa shape index (κ2) is 3.69. The molecular weight excluding hydrogens is 166 g/mol. The maximum Gasteiger partial charge on any atom is 0.236 e. The highest BCUT2D eigenvalue weighted by atomic mass is 16.1. The van der Waals surface area contributed by atoms with E-state index in [2.05, 4.69) is 29.8 Å². The Morgan fingerprint density at radius 1 is 1.62 bits per heavy atom. The van der Waals surface area contributed by atoms with Crippen molar-refractivity contribution in [3.05, 3.63) is 0 Å². The zero-order chi connectivity index (χ0) is 9.90. The summed E-state index contributed by atoms with van der Waals surface area (Å²) in [6.07, 6.45) is 2.12. The molecule has 0 aromatic rings. The molecular formula is C9H13N3O. The standard InChI is InChI=1S/C9H13N3O/c1-8(2)12-4-3-9(5-10,6-12)11-7-13/h8H,3-4,6H2,1-2H3. The molecule has 1 aliphatic rings. The first kappa shape index (κ1) is 9.91. The monoisotopic (exact) mass is 179 g/mol. The lowest BCUT2D eigenvalue weighted by Gasteiger charge is -2.20. The summed E-state index contributed by atoms with van der Waals surface area (Å²) in [5.41, 5.74) is -0.827. The van der Waals surface area contributed by atoms with Gasteiger partial charge in [0.15, 0.2) is 5.54 Å². The number of likely N-dealkylation sites (tertiary alicyclic amines) is 1. The third-order valence-corrected chi connectivity index (χ3v) is 2.48. The van der Waals surface area contributed by atoms with E-state index in [9.17, 15) is 4.79 Å².